The monoisotopic (exact) mass is 366 g/mol. The molecule has 0 aromatic rings. The fourth-order valence-electron chi connectivity index (χ4n) is 2.83. The van der Waals surface area contributed by atoms with Crippen molar-refractivity contribution in [1.29, 1.82) is 0 Å². The van der Waals surface area contributed by atoms with Gasteiger partial charge in [0.15, 0.2) is 0 Å². The third kappa shape index (κ3) is 6.32. The minimum Gasteiger partial charge on any atom is -0.379 e. The molecular weight excluding hydrogens is 340 g/mol. The number of nitrogens with one attached hydrogen (secondary N) is 1. The third-order valence-electron chi connectivity index (χ3n) is 4.43. The number of ether oxygens (including phenoxy) is 1. The van der Waals surface area contributed by atoms with Gasteiger partial charge >= 0.3 is 0 Å². The number of hydrogen-bond donors (Lipinski definition) is 3. The molecule has 7 nitrogen and oxygen atoms in total. The Hall–Kier alpha value is -1.61. The van der Waals surface area contributed by atoms with Gasteiger partial charge in [-0.2, -0.15) is 0 Å². The van der Waals surface area contributed by atoms with Crippen molar-refractivity contribution in [3.05, 3.63) is 23.3 Å². The van der Waals surface area contributed by atoms with Gasteiger partial charge in [-0.05, 0) is 32.2 Å². The second kappa shape index (κ2) is 9.76. The predicted molar refractivity (Wildman–Crippen MR) is 99.8 cm³/mol. The first-order chi connectivity index (χ1) is 12.0. The van der Waals surface area contributed by atoms with E-state index in [0.29, 0.717) is 12.0 Å². The second-order valence-electron chi connectivity index (χ2n) is 6.27. The molecule has 1 atom stereocenters. The molecule has 2 amide bonds. The van der Waals surface area contributed by atoms with Crippen molar-refractivity contribution in [3.63, 3.8) is 0 Å². The molecule has 1 heterocycles. The molecule has 8 heteroatoms. The Morgan fingerprint density at radius 3 is 2.60 bits per heavy atom. The lowest BCUT2D eigenvalue weighted by Crippen LogP contribution is -2.49. The lowest BCUT2D eigenvalue weighted by Gasteiger charge is -2.26. The van der Waals surface area contributed by atoms with Crippen LogP contribution >= 0.6 is 12.2 Å². The van der Waals surface area contributed by atoms with Crippen molar-refractivity contribution in [2.45, 2.75) is 31.7 Å². The van der Waals surface area contributed by atoms with Crippen LogP contribution < -0.4 is 16.8 Å². The van der Waals surface area contributed by atoms with Crippen LogP contribution in [0.15, 0.2) is 23.3 Å². The molecule has 0 spiro atoms. The Morgan fingerprint density at radius 1 is 1.28 bits per heavy atom. The van der Waals surface area contributed by atoms with E-state index in [2.05, 4.69) is 10.2 Å². The molecule has 0 aromatic heterocycles. The molecule has 5 N–H and O–H groups in total. The summed E-state index contributed by atoms with van der Waals surface area (Å²) < 4.78 is 5.34. The van der Waals surface area contributed by atoms with E-state index in [-0.39, 0.29) is 10.9 Å². The number of nitrogens with zero attached hydrogens (tertiary/aromatic N) is 1. The van der Waals surface area contributed by atoms with Crippen molar-refractivity contribution in [1.82, 2.24) is 10.2 Å². The van der Waals surface area contributed by atoms with Crippen molar-refractivity contribution in [2.75, 3.05) is 32.8 Å². The Bertz CT molecular complexity index is 582. The van der Waals surface area contributed by atoms with E-state index in [9.17, 15) is 9.59 Å². The highest BCUT2D eigenvalue weighted by Crippen LogP contribution is 2.22. The molecule has 2 rings (SSSR count). The van der Waals surface area contributed by atoms with Crippen molar-refractivity contribution < 1.29 is 14.3 Å². The topological polar surface area (TPSA) is 111 Å². The highest BCUT2D eigenvalue weighted by molar-refractivity contribution is 7.80. The first kappa shape index (κ1) is 19.7. The Labute approximate surface area is 153 Å². The van der Waals surface area contributed by atoms with Crippen LogP contribution in [0.25, 0.3) is 0 Å². The fraction of sp³-hybridized carbons (Fsp3) is 0.588. The molecule has 1 saturated heterocycles. The maximum Gasteiger partial charge on any atom is 0.252 e. The molecule has 0 saturated carbocycles. The van der Waals surface area contributed by atoms with Gasteiger partial charge in [0, 0.05) is 18.7 Å². The Kier molecular flexibility index (Phi) is 7.70. The zero-order chi connectivity index (χ0) is 18.2. The molecule has 1 aliphatic carbocycles. The highest BCUT2D eigenvalue weighted by Gasteiger charge is 2.20. The molecule has 0 bridgehead atoms. The van der Waals surface area contributed by atoms with Gasteiger partial charge < -0.3 is 21.5 Å². The number of primary amides is 1. The Morgan fingerprint density at radius 2 is 2.00 bits per heavy atom. The number of hydrogen-bond acceptors (Lipinski definition) is 6. The number of allylic oxidation sites excluding steroid dienone is 3. The van der Waals surface area contributed by atoms with Gasteiger partial charge in [-0.15, -0.1) is 0 Å². The number of morpholine rings is 1. The second-order valence-corrected chi connectivity index (χ2v) is 6.71. The summed E-state index contributed by atoms with van der Waals surface area (Å²) in [5.74, 6) is -1.07. The van der Waals surface area contributed by atoms with Gasteiger partial charge in [0.1, 0.15) is 11.0 Å². The summed E-state index contributed by atoms with van der Waals surface area (Å²) >= 11 is 4.93. The van der Waals surface area contributed by atoms with Crippen molar-refractivity contribution in [3.8, 4) is 0 Å². The predicted octanol–water partition coefficient (Wildman–Crippen LogP) is 0.00160. The highest BCUT2D eigenvalue weighted by atomic mass is 32.1. The SMILES string of the molecule is NC(=O)C(N)C(=S)NC(=O)C1=CC=C(CCCN2CCOCC2)CC1. The summed E-state index contributed by atoms with van der Waals surface area (Å²) in [4.78, 5) is 25.5. The summed E-state index contributed by atoms with van der Waals surface area (Å²) in [7, 11) is 0. The van der Waals surface area contributed by atoms with E-state index < -0.39 is 11.9 Å². The maximum atomic E-state index is 12.1. The van der Waals surface area contributed by atoms with Crippen molar-refractivity contribution in [2.24, 2.45) is 11.5 Å². The molecule has 2 aliphatic rings. The van der Waals surface area contributed by atoms with E-state index in [1.165, 1.54) is 5.57 Å². The van der Waals surface area contributed by atoms with E-state index in [1.54, 1.807) is 0 Å². The summed E-state index contributed by atoms with van der Waals surface area (Å²) in [6.45, 7) is 4.75. The van der Waals surface area contributed by atoms with E-state index in [1.807, 2.05) is 12.2 Å². The van der Waals surface area contributed by atoms with Gasteiger partial charge in [-0.3, -0.25) is 14.5 Å². The lowest BCUT2D eigenvalue weighted by molar-refractivity contribution is -0.117. The average Bonchev–Trinajstić information content (AvgIpc) is 2.62. The molecule has 1 unspecified atom stereocenters. The van der Waals surface area contributed by atoms with Crippen LogP contribution in [-0.4, -0.2) is 60.6 Å². The normalized spacial score (nSPS) is 19.6. The van der Waals surface area contributed by atoms with Crippen LogP contribution in [-0.2, 0) is 14.3 Å². The molecule has 25 heavy (non-hydrogen) atoms. The first-order valence-corrected chi connectivity index (χ1v) is 8.97. The number of rotatable bonds is 7. The third-order valence-corrected chi connectivity index (χ3v) is 4.78. The molecule has 1 aliphatic heterocycles. The summed E-state index contributed by atoms with van der Waals surface area (Å²) in [6.07, 6.45) is 7.49. The molecule has 0 radical (unpaired) electrons. The van der Waals surface area contributed by atoms with Gasteiger partial charge in [0.05, 0.1) is 13.2 Å². The maximum absolute atomic E-state index is 12.1. The summed E-state index contributed by atoms with van der Waals surface area (Å²) in [6, 6.07) is -1.14. The van der Waals surface area contributed by atoms with Crippen LogP contribution in [0.3, 0.4) is 0 Å². The zero-order valence-electron chi connectivity index (χ0n) is 14.3. The summed E-state index contributed by atoms with van der Waals surface area (Å²) in [5.41, 5.74) is 12.6. The largest absolute Gasteiger partial charge is 0.379 e. The molecular formula is C17H26N4O3S. The number of carbonyl (C=O) groups is 2. The lowest BCUT2D eigenvalue weighted by atomic mass is 9.95. The number of carbonyl (C=O) groups excluding carboxylic acids is 2. The molecule has 138 valence electrons. The van der Waals surface area contributed by atoms with Crippen LogP contribution in [0.2, 0.25) is 0 Å². The minimum atomic E-state index is -1.14. The van der Waals surface area contributed by atoms with E-state index >= 15 is 0 Å². The number of amides is 2. The van der Waals surface area contributed by atoms with Gasteiger partial charge in [0.2, 0.25) is 5.91 Å². The standard InChI is InChI=1S/C17H26N4O3S/c18-14(15(19)22)17(25)20-16(23)13-5-3-12(4-6-13)2-1-7-21-8-10-24-11-9-21/h3,5,14H,1-2,4,6-11,18H2,(H2,19,22)(H,20,23,25). The van der Waals surface area contributed by atoms with Crippen molar-refractivity contribution >= 4 is 29.0 Å². The number of nitrogens with two attached hydrogens (primary N) is 2. The van der Waals surface area contributed by atoms with Gasteiger partial charge in [-0.25, -0.2) is 0 Å². The Balaban J connectivity index is 1.76. The van der Waals surface area contributed by atoms with Crippen LogP contribution in [0.5, 0.6) is 0 Å². The quantitative estimate of drug-likeness (QED) is 0.547. The first-order valence-electron chi connectivity index (χ1n) is 8.56. The van der Waals surface area contributed by atoms with Crippen LogP contribution in [0, 0.1) is 0 Å². The average molecular weight is 366 g/mol. The van der Waals surface area contributed by atoms with Gasteiger partial charge in [0.25, 0.3) is 5.91 Å². The van der Waals surface area contributed by atoms with E-state index in [0.717, 1.165) is 52.1 Å². The van der Waals surface area contributed by atoms with Crippen LogP contribution in [0.1, 0.15) is 25.7 Å². The molecule has 1 fully saturated rings. The minimum absolute atomic E-state index is 0.0429. The smallest absolute Gasteiger partial charge is 0.252 e. The fourth-order valence-corrected chi connectivity index (χ4v) is 3.04. The van der Waals surface area contributed by atoms with Gasteiger partial charge in [-0.1, -0.05) is 29.9 Å². The molecule has 0 aromatic carbocycles. The number of thiocarbonyl (C=S) groups is 1. The zero-order valence-corrected chi connectivity index (χ0v) is 15.1. The summed E-state index contributed by atoms with van der Waals surface area (Å²) in [5, 5.41) is 2.48. The van der Waals surface area contributed by atoms with E-state index in [4.69, 9.17) is 28.4 Å². The van der Waals surface area contributed by atoms with Crippen LogP contribution in [0.4, 0.5) is 0 Å².